The number of aliphatic carboxylic acids is 1. The van der Waals surface area contributed by atoms with E-state index in [0.717, 1.165) is 31.2 Å². The Morgan fingerprint density at radius 2 is 2.09 bits per heavy atom. The van der Waals surface area contributed by atoms with Gasteiger partial charge in [0.2, 0.25) is 5.91 Å². The van der Waals surface area contributed by atoms with Crippen molar-refractivity contribution in [2.24, 2.45) is 5.92 Å². The summed E-state index contributed by atoms with van der Waals surface area (Å²) in [5.74, 6) is -0.312. The molecule has 1 aromatic rings. The van der Waals surface area contributed by atoms with Crippen molar-refractivity contribution in [3.05, 3.63) is 28.8 Å². The van der Waals surface area contributed by atoms with E-state index in [1.807, 2.05) is 0 Å². The van der Waals surface area contributed by atoms with Gasteiger partial charge in [-0.1, -0.05) is 30.5 Å². The van der Waals surface area contributed by atoms with E-state index in [9.17, 15) is 14.7 Å². The lowest BCUT2D eigenvalue weighted by Gasteiger charge is -2.17. The normalized spacial score (nSPS) is 16.1. The minimum Gasteiger partial charge on any atom is -0.495 e. The Labute approximate surface area is 141 Å². The summed E-state index contributed by atoms with van der Waals surface area (Å²) in [6, 6.07) is 4.16. The lowest BCUT2D eigenvalue weighted by molar-refractivity contribution is -0.141. The number of methoxy groups -OCH3 is 1. The summed E-state index contributed by atoms with van der Waals surface area (Å²) in [6.07, 6.45) is 5.02. The molecule has 6 heteroatoms. The number of halogens is 1. The summed E-state index contributed by atoms with van der Waals surface area (Å²) < 4.78 is 5.07. The van der Waals surface area contributed by atoms with Crippen LogP contribution in [0.1, 0.15) is 37.7 Å². The Hall–Kier alpha value is -1.75. The molecule has 0 saturated heterocycles. The average molecular weight is 340 g/mol. The van der Waals surface area contributed by atoms with Crippen molar-refractivity contribution >= 4 is 23.5 Å². The van der Waals surface area contributed by atoms with Crippen LogP contribution in [0.25, 0.3) is 0 Å². The summed E-state index contributed by atoms with van der Waals surface area (Å²) in [5, 5.41) is 12.4. The topological polar surface area (TPSA) is 75.6 Å². The van der Waals surface area contributed by atoms with Crippen LogP contribution in [-0.4, -0.2) is 30.1 Å². The van der Waals surface area contributed by atoms with Gasteiger partial charge in [0, 0.05) is 12.8 Å². The molecule has 0 bridgehead atoms. The van der Waals surface area contributed by atoms with Gasteiger partial charge in [0.15, 0.2) is 0 Å². The fraction of sp³-hybridized carbons (Fsp3) is 0.529. The Kier molecular flexibility index (Phi) is 6.28. The van der Waals surface area contributed by atoms with Crippen molar-refractivity contribution in [2.75, 3.05) is 7.11 Å². The van der Waals surface area contributed by atoms with E-state index in [0.29, 0.717) is 23.1 Å². The molecule has 0 aliphatic heterocycles. The first kappa shape index (κ1) is 17.6. The number of carbonyl (C=O) groups excluding carboxylic acids is 1. The molecule has 1 aliphatic rings. The molecule has 1 aliphatic carbocycles. The zero-order valence-electron chi connectivity index (χ0n) is 13.2. The van der Waals surface area contributed by atoms with Crippen molar-refractivity contribution in [1.29, 1.82) is 0 Å². The zero-order valence-corrected chi connectivity index (χ0v) is 13.9. The van der Waals surface area contributed by atoms with Gasteiger partial charge in [0.05, 0.1) is 12.1 Å². The lowest BCUT2D eigenvalue weighted by atomic mass is 10.0. The molecule has 2 rings (SSSR count). The second-order valence-corrected chi connectivity index (χ2v) is 6.39. The number of hydrogen-bond donors (Lipinski definition) is 2. The van der Waals surface area contributed by atoms with Crippen LogP contribution in [0.5, 0.6) is 5.75 Å². The summed E-state index contributed by atoms with van der Waals surface area (Å²) in [4.78, 5) is 23.5. The number of nitrogens with one attached hydrogen (secondary N) is 1. The molecule has 1 saturated carbocycles. The maximum absolute atomic E-state index is 12.1. The van der Waals surface area contributed by atoms with Crippen LogP contribution in [0.2, 0.25) is 5.02 Å². The quantitative estimate of drug-likeness (QED) is 0.800. The molecular formula is C17H22ClNO4. The van der Waals surface area contributed by atoms with Gasteiger partial charge >= 0.3 is 5.97 Å². The van der Waals surface area contributed by atoms with Gasteiger partial charge < -0.3 is 15.2 Å². The number of rotatable bonds is 7. The molecule has 1 aromatic carbocycles. The highest BCUT2D eigenvalue weighted by atomic mass is 35.5. The molecule has 5 nitrogen and oxygen atoms in total. The Morgan fingerprint density at radius 3 is 2.65 bits per heavy atom. The minimum atomic E-state index is -1.04. The van der Waals surface area contributed by atoms with Gasteiger partial charge in [0.1, 0.15) is 11.8 Å². The molecule has 0 unspecified atom stereocenters. The number of carboxylic acids is 1. The molecule has 126 valence electrons. The van der Waals surface area contributed by atoms with Crippen LogP contribution in [-0.2, 0) is 16.0 Å². The van der Waals surface area contributed by atoms with E-state index >= 15 is 0 Å². The molecule has 0 spiro atoms. The smallest absolute Gasteiger partial charge is 0.326 e. The van der Waals surface area contributed by atoms with Gasteiger partial charge in [-0.3, -0.25) is 4.79 Å². The van der Waals surface area contributed by atoms with Gasteiger partial charge in [-0.05, 0) is 36.5 Å². The highest BCUT2D eigenvalue weighted by Gasteiger charge is 2.24. The molecule has 0 aromatic heterocycles. The average Bonchev–Trinajstić information content (AvgIpc) is 2.99. The number of carboxylic acid groups (broad SMARTS) is 1. The van der Waals surface area contributed by atoms with Gasteiger partial charge in [0.25, 0.3) is 0 Å². The third kappa shape index (κ3) is 5.13. The van der Waals surface area contributed by atoms with E-state index in [1.165, 1.54) is 7.11 Å². The highest BCUT2D eigenvalue weighted by molar-refractivity contribution is 6.32. The Morgan fingerprint density at radius 1 is 1.39 bits per heavy atom. The van der Waals surface area contributed by atoms with E-state index in [-0.39, 0.29) is 12.3 Å². The van der Waals surface area contributed by atoms with Crippen LogP contribution in [0.3, 0.4) is 0 Å². The van der Waals surface area contributed by atoms with Crippen LogP contribution < -0.4 is 10.1 Å². The van der Waals surface area contributed by atoms with Gasteiger partial charge in [-0.25, -0.2) is 4.79 Å². The maximum Gasteiger partial charge on any atom is 0.326 e. The summed E-state index contributed by atoms with van der Waals surface area (Å²) in [5.41, 5.74) is 0.740. The number of carbonyl (C=O) groups is 2. The van der Waals surface area contributed by atoms with E-state index in [2.05, 4.69) is 5.32 Å². The molecule has 2 N–H and O–H groups in total. The van der Waals surface area contributed by atoms with Crippen molar-refractivity contribution in [2.45, 2.75) is 44.6 Å². The summed E-state index contributed by atoms with van der Waals surface area (Å²) in [7, 11) is 1.52. The number of ether oxygens (including phenoxy) is 1. The SMILES string of the molecule is COc1ccc(C[C@H](NC(=O)CC2CCCC2)C(=O)O)cc1Cl. The first-order valence-corrected chi connectivity index (χ1v) is 8.22. The van der Waals surface area contributed by atoms with E-state index < -0.39 is 12.0 Å². The van der Waals surface area contributed by atoms with Gasteiger partial charge in [-0.15, -0.1) is 0 Å². The van der Waals surface area contributed by atoms with Crippen LogP contribution in [0.4, 0.5) is 0 Å². The largest absolute Gasteiger partial charge is 0.495 e. The van der Waals surface area contributed by atoms with Crippen molar-refractivity contribution < 1.29 is 19.4 Å². The zero-order chi connectivity index (χ0) is 16.8. The monoisotopic (exact) mass is 339 g/mol. The van der Waals surface area contributed by atoms with E-state index in [4.69, 9.17) is 16.3 Å². The van der Waals surface area contributed by atoms with Crippen LogP contribution >= 0.6 is 11.6 Å². The Bertz CT molecular complexity index is 570. The van der Waals surface area contributed by atoms with Crippen molar-refractivity contribution in [3.8, 4) is 5.75 Å². The molecule has 1 amide bonds. The van der Waals surface area contributed by atoms with E-state index in [1.54, 1.807) is 18.2 Å². The minimum absolute atomic E-state index is 0.190. The fourth-order valence-corrected chi connectivity index (χ4v) is 3.28. The standard InChI is InChI=1S/C17H22ClNO4/c1-23-15-7-6-12(8-13(15)18)9-14(17(21)22)19-16(20)10-11-4-2-3-5-11/h6-8,11,14H,2-5,9-10H2,1H3,(H,19,20)(H,21,22)/t14-/m0/s1. The number of hydrogen-bond acceptors (Lipinski definition) is 3. The predicted octanol–water partition coefficient (Wildman–Crippen LogP) is 3.04. The van der Waals surface area contributed by atoms with Crippen molar-refractivity contribution in [3.63, 3.8) is 0 Å². The molecule has 1 fully saturated rings. The van der Waals surface area contributed by atoms with Crippen LogP contribution in [0, 0.1) is 5.92 Å². The summed E-state index contributed by atoms with van der Waals surface area (Å²) in [6.45, 7) is 0. The Balaban J connectivity index is 1.96. The fourth-order valence-electron chi connectivity index (χ4n) is 3.00. The molecule has 0 heterocycles. The first-order chi connectivity index (χ1) is 11.0. The third-order valence-corrected chi connectivity index (χ3v) is 4.53. The highest BCUT2D eigenvalue weighted by Crippen LogP contribution is 2.28. The lowest BCUT2D eigenvalue weighted by Crippen LogP contribution is -2.42. The molecular weight excluding hydrogens is 318 g/mol. The summed E-state index contributed by atoms with van der Waals surface area (Å²) >= 11 is 6.05. The molecule has 23 heavy (non-hydrogen) atoms. The van der Waals surface area contributed by atoms with Crippen molar-refractivity contribution in [1.82, 2.24) is 5.32 Å². The number of benzene rings is 1. The third-order valence-electron chi connectivity index (χ3n) is 4.24. The number of amides is 1. The second-order valence-electron chi connectivity index (χ2n) is 5.99. The first-order valence-electron chi connectivity index (χ1n) is 7.84. The predicted molar refractivity (Wildman–Crippen MR) is 87.8 cm³/mol. The second kappa shape index (κ2) is 8.20. The maximum atomic E-state index is 12.1. The van der Waals surface area contributed by atoms with Crippen LogP contribution in [0.15, 0.2) is 18.2 Å². The van der Waals surface area contributed by atoms with Gasteiger partial charge in [-0.2, -0.15) is 0 Å². The molecule has 1 atom stereocenters. The molecule has 0 radical (unpaired) electrons.